The van der Waals surface area contributed by atoms with E-state index in [1.807, 2.05) is 0 Å². The van der Waals surface area contributed by atoms with Crippen molar-refractivity contribution in [2.75, 3.05) is 25.1 Å². The Hall–Kier alpha value is -1.89. The summed E-state index contributed by atoms with van der Waals surface area (Å²) in [5, 5.41) is 2.44. The fourth-order valence-corrected chi connectivity index (χ4v) is 5.95. The zero-order valence-electron chi connectivity index (χ0n) is 13.1. The van der Waals surface area contributed by atoms with E-state index in [1.54, 1.807) is 0 Å². The highest BCUT2D eigenvalue weighted by Crippen LogP contribution is 2.25. The first-order valence-corrected chi connectivity index (χ1v) is 10.5. The van der Waals surface area contributed by atoms with Crippen molar-refractivity contribution < 1.29 is 21.6 Å². The van der Waals surface area contributed by atoms with Crippen LogP contribution in [0.2, 0.25) is 0 Å². The lowest BCUT2D eigenvalue weighted by atomic mass is 10.2. The number of sulfone groups is 1. The lowest BCUT2D eigenvalue weighted by Gasteiger charge is -2.25. The van der Waals surface area contributed by atoms with Crippen LogP contribution in [0.1, 0.15) is 16.8 Å². The summed E-state index contributed by atoms with van der Waals surface area (Å²) < 4.78 is 50.0. The summed E-state index contributed by atoms with van der Waals surface area (Å²) in [7, 11) is -5.73. The molecular formula is C15H18N2O5S2. The van der Waals surface area contributed by atoms with E-state index < -0.39 is 25.9 Å². The fourth-order valence-electron chi connectivity index (χ4n) is 2.56. The Bertz CT molecular complexity index is 867. The number of hydrogen-bond acceptors (Lipinski definition) is 5. The second kappa shape index (κ2) is 6.93. The van der Waals surface area contributed by atoms with Crippen molar-refractivity contribution in [3.05, 3.63) is 29.8 Å². The van der Waals surface area contributed by atoms with Crippen LogP contribution in [0, 0.1) is 12.3 Å². The maximum Gasteiger partial charge on any atom is 0.251 e. The van der Waals surface area contributed by atoms with Gasteiger partial charge in [0.1, 0.15) is 0 Å². The standard InChI is InChI=1S/C15H18N2O5S2/c1-3-9-17(13-8-10-23(19,20)11-13)24(21,22)14-6-4-12(5-7-14)15(18)16-2/h1,4-7,13H,8-11H2,2H3,(H,16,18)/t13-/m1/s1. The molecule has 0 aliphatic carbocycles. The summed E-state index contributed by atoms with van der Waals surface area (Å²) in [6, 6.07) is 4.74. The number of hydrogen-bond donors (Lipinski definition) is 1. The summed E-state index contributed by atoms with van der Waals surface area (Å²) in [5.74, 6) is 1.66. The van der Waals surface area contributed by atoms with E-state index in [0.717, 1.165) is 4.31 Å². The molecule has 0 saturated carbocycles. The van der Waals surface area contributed by atoms with E-state index in [9.17, 15) is 21.6 Å². The summed E-state index contributed by atoms with van der Waals surface area (Å²) in [4.78, 5) is 11.5. The highest BCUT2D eigenvalue weighted by Gasteiger charge is 2.38. The minimum Gasteiger partial charge on any atom is -0.355 e. The summed E-state index contributed by atoms with van der Waals surface area (Å²) in [6.07, 6.45) is 5.48. The zero-order chi connectivity index (χ0) is 18.0. The van der Waals surface area contributed by atoms with Gasteiger partial charge in [0.05, 0.1) is 22.9 Å². The van der Waals surface area contributed by atoms with Gasteiger partial charge in [0.25, 0.3) is 5.91 Å². The third-order valence-corrected chi connectivity index (χ3v) is 7.48. The summed E-state index contributed by atoms with van der Waals surface area (Å²) >= 11 is 0. The van der Waals surface area contributed by atoms with Crippen LogP contribution in [-0.2, 0) is 19.9 Å². The normalized spacial score (nSPS) is 19.8. The SMILES string of the molecule is C#CCN([C@@H]1CCS(=O)(=O)C1)S(=O)(=O)c1ccc(C(=O)NC)cc1. The van der Waals surface area contributed by atoms with Crippen LogP contribution in [-0.4, -0.2) is 58.2 Å². The molecule has 1 N–H and O–H groups in total. The predicted molar refractivity (Wildman–Crippen MR) is 89.6 cm³/mol. The maximum atomic E-state index is 12.8. The van der Waals surface area contributed by atoms with Gasteiger partial charge in [-0.25, -0.2) is 16.8 Å². The number of carbonyl (C=O) groups is 1. The molecule has 0 unspecified atom stereocenters. The Morgan fingerprint density at radius 3 is 2.46 bits per heavy atom. The molecule has 2 rings (SSSR count). The number of terminal acetylenes is 1. The molecule has 1 aliphatic heterocycles. The molecule has 0 spiro atoms. The minimum atomic E-state index is -3.95. The van der Waals surface area contributed by atoms with Gasteiger partial charge in [0.2, 0.25) is 10.0 Å². The van der Waals surface area contributed by atoms with Gasteiger partial charge in [-0.3, -0.25) is 4.79 Å². The average molecular weight is 370 g/mol. The third kappa shape index (κ3) is 3.77. The molecule has 7 nitrogen and oxygen atoms in total. The van der Waals surface area contributed by atoms with Gasteiger partial charge in [-0.1, -0.05) is 5.92 Å². The molecule has 1 fully saturated rings. The highest BCUT2D eigenvalue weighted by molar-refractivity contribution is 7.92. The van der Waals surface area contributed by atoms with E-state index in [-0.39, 0.29) is 35.3 Å². The molecule has 0 bridgehead atoms. The van der Waals surface area contributed by atoms with E-state index >= 15 is 0 Å². The van der Waals surface area contributed by atoms with E-state index in [4.69, 9.17) is 6.42 Å². The Morgan fingerprint density at radius 1 is 1.38 bits per heavy atom. The van der Waals surface area contributed by atoms with Crippen molar-refractivity contribution in [1.82, 2.24) is 9.62 Å². The largest absolute Gasteiger partial charge is 0.355 e. The third-order valence-electron chi connectivity index (χ3n) is 3.81. The predicted octanol–water partition coefficient (Wildman–Crippen LogP) is -0.143. The van der Waals surface area contributed by atoms with E-state index in [0.29, 0.717) is 5.56 Å². The number of nitrogens with zero attached hydrogens (tertiary/aromatic N) is 1. The van der Waals surface area contributed by atoms with Crippen LogP contribution in [0.25, 0.3) is 0 Å². The number of amides is 1. The second-order valence-corrected chi connectivity index (χ2v) is 9.53. The first-order chi connectivity index (χ1) is 11.2. The average Bonchev–Trinajstić information content (AvgIpc) is 2.91. The lowest BCUT2D eigenvalue weighted by Crippen LogP contribution is -2.41. The van der Waals surface area contributed by atoms with E-state index in [2.05, 4.69) is 11.2 Å². The number of rotatable bonds is 5. The topological polar surface area (TPSA) is 101 Å². The van der Waals surface area contributed by atoms with Crippen molar-refractivity contribution in [2.45, 2.75) is 17.4 Å². The Labute approximate surface area is 142 Å². The van der Waals surface area contributed by atoms with Crippen LogP contribution in [0.5, 0.6) is 0 Å². The lowest BCUT2D eigenvalue weighted by molar-refractivity contribution is 0.0963. The number of carbonyl (C=O) groups excluding carboxylic acids is 1. The van der Waals surface area contributed by atoms with Crippen LogP contribution in [0.3, 0.4) is 0 Å². The second-order valence-electron chi connectivity index (χ2n) is 5.41. The molecular weight excluding hydrogens is 352 g/mol. The summed E-state index contributed by atoms with van der Waals surface area (Å²) in [5.41, 5.74) is 0.323. The van der Waals surface area contributed by atoms with E-state index in [1.165, 1.54) is 31.3 Å². The van der Waals surface area contributed by atoms with Gasteiger partial charge < -0.3 is 5.32 Å². The van der Waals surface area contributed by atoms with Crippen LogP contribution in [0.4, 0.5) is 0 Å². The first-order valence-electron chi connectivity index (χ1n) is 7.19. The molecule has 130 valence electrons. The van der Waals surface area contributed by atoms with Gasteiger partial charge in [-0.15, -0.1) is 6.42 Å². The van der Waals surface area contributed by atoms with Crippen molar-refractivity contribution in [2.24, 2.45) is 0 Å². The maximum absolute atomic E-state index is 12.8. The Balaban J connectivity index is 2.35. The Kier molecular flexibility index (Phi) is 5.32. The van der Waals surface area contributed by atoms with Crippen LogP contribution in [0.15, 0.2) is 29.2 Å². The van der Waals surface area contributed by atoms with Crippen LogP contribution >= 0.6 is 0 Å². The quantitative estimate of drug-likeness (QED) is 0.727. The smallest absolute Gasteiger partial charge is 0.251 e. The molecule has 1 aliphatic rings. The first kappa shape index (κ1) is 18.4. The van der Waals surface area contributed by atoms with Gasteiger partial charge in [0, 0.05) is 18.7 Å². The number of nitrogens with one attached hydrogen (secondary N) is 1. The minimum absolute atomic E-state index is 0.0327. The highest BCUT2D eigenvalue weighted by atomic mass is 32.2. The molecule has 1 heterocycles. The molecule has 0 radical (unpaired) electrons. The number of benzene rings is 1. The molecule has 0 aromatic heterocycles. The molecule has 1 amide bonds. The molecule has 1 aromatic carbocycles. The van der Waals surface area contributed by atoms with Crippen molar-refractivity contribution in [3.8, 4) is 12.3 Å². The van der Waals surface area contributed by atoms with Crippen molar-refractivity contribution in [3.63, 3.8) is 0 Å². The molecule has 9 heteroatoms. The van der Waals surface area contributed by atoms with Gasteiger partial charge in [-0.05, 0) is 30.7 Å². The van der Waals surface area contributed by atoms with Crippen molar-refractivity contribution >= 4 is 25.8 Å². The molecule has 1 atom stereocenters. The number of sulfonamides is 1. The molecule has 1 saturated heterocycles. The monoisotopic (exact) mass is 370 g/mol. The van der Waals surface area contributed by atoms with Gasteiger partial charge >= 0.3 is 0 Å². The van der Waals surface area contributed by atoms with Gasteiger partial charge in [0.15, 0.2) is 9.84 Å². The van der Waals surface area contributed by atoms with Crippen molar-refractivity contribution in [1.29, 1.82) is 0 Å². The zero-order valence-corrected chi connectivity index (χ0v) is 14.7. The molecule has 1 aromatic rings. The molecule has 24 heavy (non-hydrogen) atoms. The summed E-state index contributed by atoms with van der Waals surface area (Å²) in [6.45, 7) is -0.209. The Morgan fingerprint density at radius 2 is 2.00 bits per heavy atom. The van der Waals surface area contributed by atoms with Crippen LogP contribution < -0.4 is 5.32 Å². The fraction of sp³-hybridized carbons (Fsp3) is 0.400. The van der Waals surface area contributed by atoms with Gasteiger partial charge in [-0.2, -0.15) is 4.31 Å².